The number of imidazole rings is 1. The molecule has 1 aromatic carbocycles. The minimum atomic E-state index is -0.378. The van der Waals surface area contributed by atoms with E-state index in [0.717, 1.165) is 13.0 Å². The molecule has 1 amide bonds. The molecule has 1 aromatic heterocycles. The normalized spacial score (nSPS) is 18.2. The first-order chi connectivity index (χ1) is 10.6. The third kappa shape index (κ3) is 2.73. The summed E-state index contributed by atoms with van der Waals surface area (Å²) in [7, 11) is 0. The molecule has 0 saturated carbocycles. The highest BCUT2D eigenvalue weighted by Gasteiger charge is 2.31. The van der Waals surface area contributed by atoms with Crippen LogP contribution in [0.2, 0.25) is 5.02 Å². The number of amides is 1. The van der Waals surface area contributed by atoms with Crippen LogP contribution in [0.15, 0.2) is 30.6 Å². The van der Waals surface area contributed by atoms with Crippen molar-refractivity contribution < 1.29 is 9.18 Å². The van der Waals surface area contributed by atoms with Gasteiger partial charge in [0, 0.05) is 37.5 Å². The number of hydrogen-bond donors (Lipinski definition) is 0. The predicted octanol–water partition coefficient (Wildman–Crippen LogP) is 3.53. The molecule has 0 radical (unpaired) electrons. The van der Waals surface area contributed by atoms with Crippen molar-refractivity contribution in [1.29, 1.82) is 0 Å². The van der Waals surface area contributed by atoms with Crippen LogP contribution in [0.5, 0.6) is 0 Å². The Hall–Kier alpha value is -1.88. The van der Waals surface area contributed by atoms with Gasteiger partial charge in [-0.15, -0.1) is 0 Å². The van der Waals surface area contributed by atoms with Gasteiger partial charge < -0.3 is 9.47 Å². The highest BCUT2D eigenvalue weighted by atomic mass is 35.5. The molecule has 0 N–H and O–H groups in total. The quantitative estimate of drug-likeness (QED) is 0.864. The SMILES string of the molecule is CCCN1CC(n2ccnc2-c2ccc(F)cc2Cl)CC1=O. The molecule has 2 heterocycles. The molecule has 1 unspecified atom stereocenters. The fraction of sp³-hybridized carbons (Fsp3) is 0.375. The van der Waals surface area contributed by atoms with E-state index in [4.69, 9.17) is 11.6 Å². The summed E-state index contributed by atoms with van der Waals surface area (Å²) in [5, 5.41) is 0.321. The Morgan fingerprint density at radius 1 is 1.45 bits per heavy atom. The van der Waals surface area contributed by atoms with Crippen LogP contribution < -0.4 is 0 Å². The van der Waals surface area contributed by atoms with Crippen molar-refractivity contribution in [2.24, 2.45) is 0 Å². The highest BCUT2D eigenvalue weighted by Crippen LogP contribution is 2.32. The molecule has 1 fully saturated rings. The summed E-state index contributed by atoms with van der Waals surface area (Å²) in [4.78, 5) is 18.3. The van der Waals surface area contributed by atoms with Gasteiger partial charge in [-0.2, -0.15) is 0 Å². The van der Waals surface area contributed by atoms with Crippen molar-refractivity contribution in [2.75, 3.05) is 13.1 Å². The average molecular weight is 322 g/mol. The molecule has 3 rings (SSSR count). The zero-order valence-corrected chi connectivity index (χ0v) is 13.1. The molecule has 116 valence electrons. The molecule has 0 aliphatic carbocycles. The third-order valence-electron chi connectivity index (χ3n) is 3.92. The monoisotopic (exact) mass is 321 g/mol. The maximum atomic E-state index is 13.2. The summed E-state index contributed by atoms with van der Waals surface area (Å²) < 4.78 is 15.2. The van der Waals surface area contributed by atoms with Gasteiger partial charge in [-0.05, 0) is 24.6 Å². The van der Waals surface area contributed by atoms with Gasteiger partial charge in [-0.3, -0.25) is 4.79 Å². The smallest absolute Gasteiger partial charge is 0.224 e. The third-order valence-corrected chi connectivity index (χ3v) is 4.23. The second-order valence-electron chi connectivity index (χ2n) is 5.48. The van der Waals surface area contributed by atoms with Crippen molar-refractivity contribution in [2.45, 2.75) is 25.8 Å². The van der Waals surface area contributed by atoms with E-state index < -0.39 is 0 Å². The fourth-order valence-electron chi connectivity index (χ4n) is 2.91. The molecule has 6 heteroatoms. The second kappa shape index (κ2) is 6.08. The lowest BCUT2D eigenvalue weighted by Crippen LogP contribution is -2.26. The van der Waals surface area contributed by atoms with E-state index in [0.29, 0.717) is 29.4 Å². The van der Waals surface area contributed by atoms with E-state index in [9.17, 15) is 9.18 Å². The van der Waals surface area contributed by atoms with Crippen LogP contribution in [0.25, 0.3) is 11.4 Å². The standard InChI is InChI=1S/C16H17ClFN3O/c1-2-6-20-10-12(9-15(20)22)21-7-5-19-16(21)13-4-3-11(18)8-14(13)17/h3-5,7-8,12H,2,6,9-10H2,1H3. The maximum absolute atomic E-state index is 13.2. The van der Waals surface area contributed by atoms with Crippen molar-refractivity contribution in [1.82, 2.24) is 14.5 Å². The predicted molar refractivity (Wildman–Crippen MR) is 83.2 cm³/mol. The summed E-state index contributed by atoms with van der Waals surface area (Å²) in [6, 6.07) is 4.30. The highest BCUT2D eigenvalue weighted by molar-refractivity contribution is 6.33. The lowest BCUT2D eigenvalue weighted by molar-refractivity contribution is -0.127. The van der Waals surface area contributed by atoms with E-state index in [1.165, 1.54) is 12.1 Å². The Balaban J connectivity index is 1.91. The number of benzene rings is 1. The van der Waals surface area contributed by atoms with Gasteiger partial charge in [0.15, 0.2) is 0 Å². The van der Waals surface area contributed by atoms with Gasteiger partial charge in [0.05, 0.1) is 11.1 Å². The fourth-order valence-corrected chi connectivity index (χ4v) is 3.16. The Morgan fingerprint density at radius 2 is 2.27 bits per heavy atom. The largest absolute Gasteiger partial charge is 0.341 e. The number of carbonyl (C=O) groups is 1. The molecular weight excluding hydrogens is 305 g/mol. The van der Waals surface area contributed by atoms with Gasteiger partial charge >= 0.3 is 0 Å². The topological polar surface area (TPSA) is 38.1 Å². The average Bonchev–Trinajstić information content (AvgIpc) is 3.07. The molecule has 1 aliphatic heterocycles. The second-order valence-corrected chi connectivity index (χ2v) is 5.89. The number of aromatic nitrogens is 2. The minimum absolute atomic E-state index is 0.0395. The number of rotatable bonds is 4. The van der Waals surface area contributed by atoms with E-state index >= 15 is 0 Å². The zero-order chi connectivity index (χ0) is 15.7. The van der Waals surface area contributed by atoms with Gasteiger partial charge in [-0.1, -0.05) is 18.5 Å². The van der Waals surface area contributed by atoms with E-state index in [2.05, 4.69) is 11.9 Å². The van der Waals surface area contributed by atoms with Crippen LogP contribution in [0.4, 0.5) is 4.39 Å². The number of hydrogen-bond acceptors (Lipinski definition) is 2. The molecule has 1 saturated heterocycles. The van der Waals surface area contributed by atoms with Crippen molar-refractivity contribution in [3.63, 3.8) is 0 Å². The summed E-state index contributed by atoms with van der Waals surface area (Å²) in [5.74, 6) is 0.454. The number of halogens is 2. The summed E-state index contributed by atoms with van der Waals surface area (Å²) in [6.07, 6.45) is 4.94. The molecule has 2 aromatic rings. The molecular formula is C16H17ClFN3O. The van der Waals surface area contributed by atoms with E-state index in [-0.39, 0.29) is 17.8 Å². The first kappa shape index (κ1) is 15.0. The maximum Gasteiger partial charge on any atom is 0.224 e. The molecule has 1 atom stereocenters. The molecule has 22 heavy (non-hydrogen) atoms. The number of nitrogens with zero attached hydrogens (tertiary/aromatic N) is 3. The summed E-state index contributed by atoms with van der Waals surface area (Å²) in [5.41, 5.74) is 0.675. The van der Waals surface area contributed by atoms with E-state index in [1.54, 1.807) is 12.3 Å². The molecule has 1 aliphatic rings. The number of likely N-dealkylation sites (tertiary alicyclic amines) is 1. The molecule has 0 spiro atoms. The Morgan fingerprint density at radius 3 is 3.00 bits per heavy atom. The van der Waals surface area contributed by atoms with Gasteiger partial charge in [0.2, 0.25) is 5.91 Å². The van der Waals surface area contributed by atoms with Gasteiger partial charge in [-0.25, -0.2) is 9.37 Å². The lowest BCUT2D eigenvalue weighted by Gasteiger charge is -2.17. The van der Waals surface area contributed by atoms with Crippen LogP contribution >= 0.6 is 11.6 Å². The van der Waals surface area contributed by atoms with Crippen LogP contribution in [0.3, 0.4) is 0 Å². The molecule has 0 bridgehead atoms. The summed E-state index contributed by atoms with van der Waals surface area (Å²) >= 11 is 6.14. The number of carbonyl (C=O) groups excluding carboxylic acids is 1. The Bertz CT molecular complexity index is 700. The summed E-state index contributed by atoms with van der Waals surface area (Å²) in [6.45, 7) is 3.51. The van der Waals surface area contributed by atoms with Crippen LogP contribution in [0, 0.1) is 5.82 Å². The Labute approximate surface area is 133 Å². The van der Waals surface area contributed by atoms with Crippen LogP contribution in [-0.4, -0.2) is 33.4 Å². The van der Waals surface area contributed by atoms with Crippen molar-refractivity contribution >= 4 is 17.5 Å². The van der Waals surface area contributed by atoms with Crippen molar-refractivity contribution in [3.8, 4) is 11.4 Å². The first-order valence-corrected chi connectivity index (χ1v) is 7.74. The van der Waals surface area contributed by atoms with Crippen LogP contribution in [0.1, 0.15) is 25.8 Å². The first-order valence-electron chi connectivity index (χ1n) is 7.36. The van der Waals surface area contributed by atoms with Gasteiger partial charge in [0.25, 0.3) is 0 Å². The zero-order valence-electron chi connectivity index (χ0n) is 12.3. The van der Waals surface area contributed by atoms with Crippen molar-refractivity contribution in [3.05, 3.63) is 41.4 Å². The molecule has 4 nitrogen and oxygen atoms in total. The Kier molecular flexibility index (Phi) is 4.16. The van der Waals surface area contributed by atoms with Crippen LogP contribution in [-0.2, 0) is 4.79 Å². The van der Waals surface area contributed by atoms with E-state index in [1.807, 2.05) is 15.7 Å². The van der Waals surface area contributed by atoms with Gasteiger partial charge in [0.1, 0.15) is 11.6 Å². The minimum Gasteiger partial charge on any atom is -0.341 e. The lowest BCUT2D eigenvalue weighted by atomic mass is 10.2.